The molecule has 0 bridgehead atoms. The molecule has 0 amide bonds. The SMILES string of the molecule is Cc1ccc2c(c1)c1ccccc1n2-c1ccc2c(c1)N(c1ccccc1)c1cccc3c1B2c1ccccc1O3. The summed E-state index contributed by atoms with van der Waals surface area (Å²) < 4.78 is 8.90. The van der Waals surface area contributed by atoms with Crippen LogP contribution in [0.2, 0.25) is 0 Å². The Labute approximate surface area is 238 Å². The highest BCUT2D eigenvalue weighted by atomic mass is 16.5. The Morgan fingerprint density at radius 2 is 1.32 bits per heavy atom. The summed E-state index contributed by atoms with van der Waals surface area (Å²) in [4.78, 5) is 2.41. The fraction of sp³-hybridized carbons (Fsp3) is 0.0270. The number of para-hydroxylation sites is 3. The topological polar surface area (TPSA) is 17.4 Å². The Bertz CT molecular complexity index is 2160. The van der Waals surface area contributed by atoms with Gasteiger partial charge in [0.25, 0.3) is 6.71 Å². The summed E-state index contributed by atoms with van der Waals surface area (Å²) in [6.45, 7) is 2.26. The van der Waals surface area contributed by atoms with Gasteiger partial charge in [-0.1, -0.05) is 78.4 Å². The Kier molecular flexibility index (Phi) is 4.62. The molecule has 3 heterocycles. The number of aryl methyl sites for hydroxylation is 1. The second kappa shape index (κ2) is 8.39. The largest absolute Gasteiger partial charge is 0.458 e. The van der Waals surface area contributed by atoms with Gasteiger partial charge in [-0.2, -0.15) is 0 Å². The average molecular weight is 524 g/mol. The van der Waals surface area contributed by atoms with Crippen LogP contribution in [0, 0.1) is 6.92 Å². The van der Waals surface area contributed by atoms with Gasteiger partial charge in [0.15, 0.2) is 0 Å². The summed E-state index contributed by atoms with van der Waals surface area (Å²) in [5.74, 6) is 1.86. The lowest BCUT2D eigenvalue weighted by atomic mass is 9.34. The lowest BCUT2D eigenvalue weighted by Gasteiger charge is -2.40. The predicted octanol–water partition coefficient (Wildman–Crippen LogP) is 7.50. The number of aromatic nitrogens is 1. The zero-order chi connectivity index (χ0) is 27.1. The molecule has 4 heteroatoms. The van der Waals surface area contributed by atoms with Gasteiger partial charge in [0.2, 0.25) is 0 Å². The number of ether oxygens (including phenoxy) is 1. The van der Waals surface area contributed by atoms with Crippen LogP contribution in [0.1, 0.15) is 5.56 Å². The van der Waals surface area contributed by atoms with Gasteiger partial charge in [-0.05, 0) is 84.0 Å². The summed E-state index contributed by atoms with van der Waals surface area (Å²) in [7, 11) is 0. The number of hydrogen-bond acceptors (Lipinski definition) is 2. The van der Waals surface area contributed by atoms with E-state index >= 15 is 0 Å². The molecule has 7 aromatic rings. The minimum Gasteiger partial charge on any atom is -0.458 e. The first-order valence-corrected chi connectivity index (χ1v) is 14.2. The number of hydrogen-bond donors (Lipinski definition) is 0. The zero-order valence-corrected chi connectivity index (χ0v) is 22.6. The standard InChI is InChI=1S/C37H25BN2O/c1-24-18-21-32-28(22-24)27-12-5-7-14-31(27)40(32)26-19-20-29-34(23-26)39(25-10-3-2-4-11-25)33-15-9-17-36-37(33)38(29)30-13-6-8-16-35(30)41-36/h2-23H,1H3. The van der Waals surface area contributed by atoms with Gasteiger partial charge in [-0.25, -0.2) is 0 Å². The van der Waals surface area contributed by atoms with Crippen LogP contribution in [-0.4, -0.2) is 11.3 Å². The molecule has 0 fully saturated rings. The van der Waals surface area contributed by atoms with Crippen molar-refractivity contribution in [3.8, 4) is 17.2 Å². The van der Waals surface area contributed by atoms with Crippen LogP contribution in [0.3, 0.4) is 0 Å². The molecule has 41 heavy (non-hydrogen) atoms. The summed E-state index contributed by atoms with van der Waals surface area (Å²) in [6, 6.07) is 48.1. The van der Waals surface area contributed by atoms with E-state index in [4.69, 9.17) is 4.74 Å². The fourth-order valence-electron chi connectivity index (χ4n) is 6.97. The third kappa shape index (κ3) is 3.16. The van der Waals surface area contributed by atoms with Crippen molar-refractivity contribution >= 4 is 62.0 Å². The molecule has 3 nitrogen and oxygen atoms in total. The normalized spacial score (nSPS) is 13.1. The first-order chi connectivity index (χ1) is 20.3. The molecule has 0 N–H and O–H groups in total. The highest BCUT2D eigenvalue weighted by molar-refractivity contribution is 6.99. The molecule has 0 aliphatic carbocycles. The third-order valence-corrected chi connectivity index (χ3v) is 8.69. The van der Waals surface area contributed by atoms with Crippen molar-refractivity contribution in [2.75, 3.05) is 4.90 Å². The molecule has 192 valence electrons. The molecule has 2 aliphatic heterocycles. The maximum Gasteiger partial charge on any atom is 0.256 e. The second-order valence-corrected chi connectivity index (χ2v) is 11.0. The zero-order valence-electron chi connectivity index (χ0n) is 22.6. The molecule has 0 radical (unpaired) electrons. The van der Waals surface area contributed by atoms with Crippen LogP contribution in [0.4, 0.5) is 17.1 Å². The molecule has 0 unspecified atom stereocenters. The number of fused-ring (bicyclic) bond motifs is 7. The summed E-state index contributed by atoms with van der Waals surface area (Å²) in [6.07, 6.45) is 0. The summed E-state index contributed by atoms with van der Waals surface area (Å²) in [5.41, 5.74) is 12.1. The molecule has 0 saturated heterocycles. The fourth-order valence-corrected chi connectivity index (χ4v) is 6.97. The van der Waals surface area contributed by atoms with Crippen LogP contribution in [0.5, 0.6) is 11.5 Å². The summed E-state index contributed by atoms with van der Waals surface area (Å²) in [5, 5.41) is 2.56. The molecular weight excluding hydrogens is 499 g/mol. The van der Waals surface area contributed by atoms with E-state index in [0.29, 0.717) is 0 Å². The van der Waals surface area contributed by atoms with E-state index in [-0.39, 0.29) is 6.71 Å². The third-order valence-electron chi connectivity index (χ3n) is 8.69. The van der Waals surface area contributed by atoms with Gasteiger partial charge in [-0.15, -0.1) is 0 Å². The molecule has 0 spiro atoms. The smallest absolute Gasteiger partial charge is 0.256 e. The Hall–Kier alpha value is -5.22. The predicted molar refractivity (Wildman–Crippen MR) is 171 cm³/mol. The Morgan fingerprint density at radius 3 is 2.24 bits per heavy atom. The minimum atomic E-state index is 0.0935. The monoisotopic (exact) mass is 524 g/mol. The van der Waals surface area contributed by atoms with E-state index in [1.165, 1.54) is 49.4 Å². The van der Waals surface area contributed by atoms with Crippen LogP contribution >= 0.6 is 0 Å². The van der Waals surface area contributed by atoms with Gasteiger partial charge < -0.3 is 14.2 Å². The van der Waals surface area contributed by atoms with Crippen molar-refractivity contribution in [2.24, 2.45) is 0 Å². The van der Waals surface area contributed by atoms with Gasteiger partial charge in [0.1, 0.15) is 11.5 Å². The van der Waals surface area contributed by atoms with Crippen molar-refractivity contribution in [1.29, 1.82) is 0 Å². The van der Waals surface area contributed by atoms with Crippen molar-refractivity contribution in [2.45, 2.75) is 6.92 Å². The minimum absolute atomic E-state index is 0.0935. The highest BCUT2D eigenvalue weighted by Crippen LogP contribution is 2.42. The van der Waals surface area contributed by atoms with Gasteiger partial charge >= 0.3 is 0 Å². The number of benzene rings is 6. The van der Waals surface area contributed by atoms with Crippen LogP contribution in [-0.2, 0) is 0 Å². The van der Waals surface area contributed by atoms with E-state index in [0.717, 1.165) is 28.6 Å². The van der Waals surface area contributed by atoms with Gasteiger partial charge in [-0.3, -0.25) is 0 Å². The maximum absolute atomic E-state index is 6.48. The van der Waals surface area contributed by atoms with Crippen molar-refractivity contribution in [1.82, 2.24) is 4.57 Å². The molecule has 2 aliphatic rings. The molecule has 6 aromatic carbocycles. The van der Waals surface area contributed by atoms with Gasteiger partial charge in [0.05, 0.1) is 11.0 Å². The van der Waals surface area contributed by atoms with E-state index in [2.05, 4.69) is 150 Å². The van der Waals surface area contributed by atoms with Crippen molar-refractivity contribution in [3.05, 3.63) is 139 Å². The first kappa shape index (κ1) is 22.6. The van der Waals surface area contributed by atoms with E-state index in [1.807, 2.05) is 0 Å². The van der Waals surface area contributed by atoms with Gasteiger partial charge in [0, 0.05) is 33.5 Å². The van der Waals surface area contributed by atoms with Crippen LogP contribution < -0.4 is 26.0 Å². The Morgan fingerprint density at radius 1 is 0.537 bits per heavy atom. The average Bonchev–Trinajstić information content (AvgIpc) is 3.34. The molecule has 9 rings (SSSR count). The van der Waals surface area contributed by atoms with E-state index < -0.39 is 0 Å². The maximum atomic E-state index is 6.48. The van der Waals surface area contributed by atoms with Crippen molar-refractivity contribution in [3.63, 3.8) is 0 Å². The number of rotatable bonds is 2. The lowest BCUT2D eigenvalue weighted by Crippen LogP contribution is -2.59. The lowest BCUT2D eigenvalue weighted by molar-refractivity contribution is 0.487. The highest BCUT2D eigenvalue weighted by Gasteiger charge is 2.41. The van der Waals surface area contributed by atoms with Crippen molar-refractivity contribution < 1.29 is 4.74 Å². The first-order valence-electron chi connectivity index (χ1n) is 14.2. The Balaban J connectivity index is 1.36. The van der Waals surface area contributed by atoms with Crippen LogP contribution in [0.15, 0.2) is 133 Å². The number of nitrogens with zero attached hydrogens (tertiary/aromatic N) is 2. The van der Waals surface area contributed by atoms with E-state index in [9.17, 15) is 0 Å². The van der Waals surface area contributed by atoms with E-state index in [1.54, 1.807) is 0 Å². The number of anilines is 3. The van der Waals surface area contributed by atoms with Crippen LogP contribution in [0.25, 0.3) is 27.5 Å². The quantitative estimate of drug-likeness (QED) is 0.218. The molecule has 0 atom stereocenters. The summed E-state index contributed by atoms with van der Waals surface area (Å²) >= 11 is 0. The second-order valence-electron chi connectivity index (χ2n) is 11.0. The molecular formula is C37H25BN2O. The molecule has 1 aromatic heterocycles. The molecule has 0 saturated carbocycles.